The van der Waals surface area contributed by atoms with Gasteiger partial charge in [0.05, 0.1) is 24.2 Å². The maximum Gasteiger partial charge on any atom is 0.119 e. The standard InChI is InChI=1S/C17H23N3O/c1-5-21-15-8-6-14(7-9-15)13(2)19-16-12-18-11-10-17(16)20(3)4/h6-13,19H,5H2,1-4H3. The van der Waals surface area contributed by atoms with Crippen molar-refractivity contribution in [3.8, 4) is 5.75 Å². The first kappa shape index (κ1) is 15.2. The zero-order chi connectivity index (χ0) is 15.2. The highest BCUT2D eigenvalue weighted by Gasteiger charge is 2.09. The molecule has 1 atom stereocenters. The van der Waals surface area contributed by atoms with Crippen molar-refractivity contribution in [2.45, 2.75) is 19.9 Å². The molecule has 0 amide bonds. The summed E-state index contributed by atoms with van der Waals surface area (Å²) in [6.07, 6.45) is 3.67. The SMILES string of the molecule is CCOc1ccc(C(C)Nc2cnccc2N(C)C)cc1. The third-order valence-corrected chi connectivity index (χ3v) is 3.34. The van der Waals surface area contributed by atoms with Crippen LogP contribution in [0, 0.1) is 0 Å². The van der Waals surface area contributed by atoms with Crippen LogP contribution in [0.25, 0.3) is 0 Å². The van der Waals surface area contributed by atoms with Gasteiger partial charge in [-0.3, -0.25) is 4.98 Å². The largest absolute Gasteiger partial charge is 0.494 e. The first-order chi connectivity index (χ1) is 10.1. The van der Waals surface area contributed by atoms with Gasteiger partial charge in [0.2, 0.25) is 0 Å². The van der Waals surface area contributed by atoms with Crippen molar-refractivity contribution in [2.75, 3.05) is 30.9 Å². The van der Waals surface area contributed by atoms with Crippen molar-refractivity contribution in [1.82, 2.24) is 4.98 Å². The lowest BCUT2D eigenvalue weighted by atomic mass is 10.1. The lowest BCUT2D eigenvalue weighted by Crippen LogP contribution is -2.14. The molecule has 0 aliphatic carbocycles. The van der Waals surface area contributed by atoms with E-state index >= 15 is 0 Å². The molecule has 1 N–H and O–H groups in total. The van der Waals surface area contributed by atoms with Crippen LogP contribution in [-0.4, -0.2) is 25.7 Å². The number of benzene rings is 1. The van der Waals surface area contributed by atoms with E-state index in [4.69, 9.17) is 4.74 Å². The third-order valence-electron chi connectivity index (χ3n) is 3.34. The average molecular weight is 285 g/mol. The Labute approximate surface area is 126 Å². The third kappa shape index (κ3) is 3.88. The van der Waals surface area contributed by atoms with Crippen molar-refractivity contribution in [3.05, 3.63) is 48.3 Å². The van der Waals surface area contributed by atoms with Gasteiger partial charge >= 0.3 is 0 Å². The van der Waals surface area contributed by atoms with Gasteiger partial charge in [0.25, 0.3) is 0 Å². The van der Waals surface area contributed by atoms with E-state index in [0.717, 1.165) is 17.1 Å². The maximum absolute atomic E-state index is 5.47. The molecule has 0 fully saturated rings. The van der Waals surface area contributed by atoms with Crippen LogP contribution in [0.5, 0.6) is 5.75 Å². The highest BCUT2D eigenvalue weighted by Crippen LogP contribution is 2.27. The fourth-order valence-corrected chi connectivity index (χ4v) is 2.22. The Bertz CT molecular complexity index is 567. The van der Waals surface area contributed by atoms with Gasteiger partial charge < -0.3 is 15.0 Å². The van der Waals surface area contributed by atoms with Crippen LogP contribution in [0.15, 0.2) is 42.7 Å². The highest BCUT2D eigenvalue weighted by atomic mass is 16.5. The molecule has 0 radical (unpaired) electrons. The molecule has 4 heteroatoms. The summed E-state index contributed by atoms with van der Waals surface area (Å²) in [6.45, 7) is 4.82. The number of hydrogen-bond donors (Lipinski definition) is 1. The van der Waals surface area contributed by atoms with Crippen LogP contribution >= 0.6 is 0 Å². The minimum Gasteiger partial charge on any atom is -0.494 e. The molecule has 21 heavy (non-hydrogen) atoms. The number of nitrogens with one attached hydrogen (secondary N) is 1. The molecule has 112 valence electrons. The van der Waals surface area contributed by atoms with Crippen molar-refractivity contribution in [2.24, 2.45) is 0 Å². The van der Waals surface area contributed by atoms with Crippen molar-refractivity contribution in [1.29, 1.82) is 0 Å². The molecular weight excluding hydrogens is 262 g/mol. The van der Waals surface area contributed by atoms with Gasteiger partial charge in [0.15, 0.2) is 0 Å². The lowest BCUT2D eigenvalue weighted by Gasteiger charge is -2.21. The first-order valence-electron chi connectivity index (χ1n) is 7.22. The Balaban J connectivity index is 2.12. The normalized spacial score (nSPS) is 11.8. The second kappa shape index (κ2) is 6.97. The van der Waals surface area contributed by atoms with E-state index < -0.39 is 0 Å². The summed E-state index contributed by atoms with van der Waals surface area (Å²) >= 11 is 0. The molecule has 0 saturated carbocycles. The minimum atomic E-state index is 0.198. The van der Waals surface area contributed by atoms with Crippen LogP contribution in [0.1, 0.15) is 25.5 Å². The van der Waals surface area contributed by atoms with E-state index in [0.29, 0.717) is 6.61 Å². The summed E-state index contributed by atoms with van der Waals surface area (Å²) in [6, 6.07) is 10.4. The summed E-state index contributed by atoms with van der Waals surface area (Å²) < 4.78 is 5.47. The van der Waals surface area contributed by atoms with E-state index in [1.54, 1.807) is 0 Å². The van der Waals surface area contributed by atoms with E-state index in [9.17, 15) is 0 Å². The Morgan fingerprint density at radius 1 is 1.19 bits per heavy atom. The molecule has 0 bridgehead atoms. The van der Waals surface area contributed by atoms with E-state index in [1.165, 1.54) is 5.56 Å². The smallest absolute Gasteiger partial charge is 0.119 e. The molecule has 1 aromatic heterocycles. The minimum absolute atomic E-state index is 0.198. The van der Waals surface area contributed by atoms with Crippen molar-refractivity contribution >= 4 is 11.4 Å². The fraction of sp³-hybridized carbons (Fsp3) is 0.353. The molecule has 0 spiro atoms. The van der Waals surface area contributed by atoms with Crippen LogP contribution in [0.2, 0.25) is 0 Å². The molecule has 2 aromatic rings. The predicted octanol–water partition coefficient (Wildman–Crippen LogP) is 3.72. The molecule has 0 aliphatic rings. The molecule has 4 nitrogen and oxygen atoms in total. The summed E-state index contributed by atoms with van der Waals surface area (Å²) in [5.41, 5.74) is 3.37. The van der Waals surface area contributed by atoms with Crippen LogP contribution in [-0.2, 0) is 0 Å². The highest BCUT2D eigenvalue weighted by molar-refractivity contribution is 5.68. The Kier molecular flexibility index (Phi) is 5.04. The van der Waals surface area contributed by atoms with E-state index in [2.05, 4.69) is 34.3 Å². The van der Waals surface area contributed by atoms with Gasteiger partial charge in [-0.1, -0.05) is 12.1 Å². The van der Waals surface area contributed by atoms with Crippen LogP contribution < -0.4 is 15.0 Å². The van der Waals surface area contributed by atoms with Crippen molar-refractivity contribution < 1.29 is 4.74 Å². The molecule has 1 heterocycles. The van der Waals surface area contributed by atoms with E-state index in [-0.39, 0.29) is 6.04 Å². The summed E-state index contributed by atoms with van der Waals surface area (Å²) in [4.78, 5) is 6.28. The molecule has 1 aromatic carbocycles. The Morgan fingerprint density at radius 2 is 1.90 bits per heavy atom. The topological polar surface area (TPSA) is 37.4 Å². The monoisotopic (exact) mass is 285 g/mol. The number of rotatable bonds is 6. The molecule has 0 aliphatic heterocycles. The summed E-state index contributed by atoms with van der Waals surface area (Å²) in [7, 11) is 4.06. The number of nitrogens with zero attached hydrogens (tertiary/aromatic N) is 2. The van der Waals surface area contributed by atoms with Gasteiger partial charge in [-0.15, -0.1) is 0 Å². The fourth-order valence-electron chi connectivity index (χ4n) is 2.22. The molecule has 0 saturated heterocycles. The van der Waals surface area contributed by atoms with Gasteiger partial charge in [-0.25, -0.2) is 0 Å². The quantitative estimate of drug-likeness (QED) is 0.877. The van der Waals surface area contributed by atoms with Gasteiger partial charge in [0.1, 0.15) is 5.75 Å². The Hall–Kier alpha value is -2.23. The van der Waals surface area contributed by atoms with E-state index in [1.807, 2.05) is 51.6 Å². The zero-order valence-electron chi connectivity index (χ0n) is 13.1. The first-order valence-corrected chi connectivity index (χ1v) is 7.22. The second-order valence-corrected chi connectivity index (χ2v) is 5.16. The molecule has 1 unspecified atom stereocenters. The Morgan fingerprint density at radius 3 is 2.52 bits per heavy atom. The summed E-state index contributed by atoms with van der Waals surface area (Å²) in [5.74, 6) is 0.906. The predicted molar refractivity (Wildman–Crippen MR) is 88.2 cm³/mol. The zero-order valence-corrected chi connectivity index (χ0v) is 13.1. The second-order valence-electron chi connectivity index (χ2n) is 5.16. The maximum atomic E-state index is 5.47. The number of hydrogen-bond acceptors (Lipinski definition) is 4. The van der Waals surface area contributed by atoms with Gasteiger partial charge in [-0.05, 0) is 37.6 Å². The summed E-state index contributed by atoms with van der Waals surface area (Å²) in [5, 5.41) is 3.51. The number of ether oxygens (including phenoxy) is 1. The number of pyridine rings is 1. The van der Waals surface area contributed by atoms with Crippen molar-refractivity contribution in [3.63, 3.8) is 0 Å². The molecule has 2 rings (SSSR count). The number of anilines is 2. The molecular formula is C17H23N3O. The van der Waals surface area contributed by atoms with Gasteiger partial charge in [-0.2, -0.15) is 0 Å². The average Bonchev–Trinajstić information content (AvgIpc) is 2.48. The van der Waals surface area contributed by atoms with Crippen LogP contribution in [0.3, 0.4) is 0 Å². The van der Waals surface area contributed by atoms with Crippen LogP contribution in [0.4, 0.5) is 11.4 Å². The number of aromatic nitrogens is 1. The van der Waals surface area contributed by atoms with Gasteiger partial charge in [0, 0.05) is 26.3 Å². The lowest BCUT2D eigenvalue weighted by molar-refractivity contribution is 0.340.